The first kappa shape index (κ1) is 16.0. The zero-order valence-corrected chi connectivity index (χ0v) is 14.0. The van der Waals surface area contributed by atoms with Crippen molar-refractivity contribution in [1.82, 2.24) is 19.7 Å². The molecule has 0 aliphatic carbocycles. The molecule has 0 unspecified atom stereocenters. The number of hydrogen-bond donors (Lipinski definition) is 1. The third-order valence-corrected chi connectivity index (χ3v) is 3.69. The SMILES string of the molecule is CCOC(=O)c1[nH]cc(-c2ccn(C(C)C)n2)c1-c1ccccn1. The van der Waals surface area contributed by atoms with Gasteiger partial charge in [-0.2, -0.15) is 5.10 Å². The van der Waals surface area contributed by atoms with Gasteiger partial charge >= 0.3 is 5.97 Å². The van der Waals surface area contributed by atoms with Crippen LogP contribution in [0.3, 0.4) is 0 Å². The van der Waals surface area contributed by atoms with Gasteiger partial charge in [-0.1, -0.05) is 6.07 Å². The zero-order chi connectivity index (χ0) is 17.1. The number of rotatable bonds is 5. The summed E-state index contributed by atoms with van der Waals surface area (Å²) in [4.78, 5) is 19.7. The average Bonchev–Trinajstić information content (AvgIpc) is 3.22. The molecule has 0 radical (unpaired) electrons. The molecule has 3 aromatic heterocycles. The Balaban J connectivity index is 2.14. The molecule has 0 spiro atoms. The summed E-state index contributed by atoms with van der Waals surface area (Å²) in [6, 6.07) is 7.80. The summed E-state index contributed by atoms with van der Waals surface area (Å²) >= 11 is 0. The van der Waals surface area contributed by atoms with Gasteiger partial charge < -0.3 is 9.72 Å². The van der Waals surface area contributed by atoms with Gasteiger partial charge in [-0.05, 0) is 39.0 Å². The van der Waals surface area contributed by atoms with Crippen molar-refractivity contribution < 1.29 is 9.53 Å². The first-order valence-electron chi connectivity index (χ1n) is 7.97. The highest BCUT2D eigenvalue weighted by Crippen LogP contribution is 2.33. The summed E-state index contributed by atoms with van der Waals surface area (Å²) in [6.45, 7) is 6.23. The number of nitrogens with one attached hydrogen (secondary N) is 1. The molecule has 0 aliphatic heterocycles. The standard InChI is InChI=1S/C18H20N4O2/c1-4-24-18(23)17-16(15-7-5-6-9-19-15)13(11-20-17)14-8-10-22(21-14)12(2)3/h5-12,20H,4H2,1-3H3. The lowest BCUT2D eigenvalue weighted by atomic mass is 10.0. The summed E-state index contributed by atoms with van der Waals surface area (Å²) < 4.78 is 7.04. The number of carbonyl (C=O) groups is 1. The van der Waals surface area contributed by atoms with Crippen LogP contribution in [0, 0.1) is 0 Å². The highest BCUT2D eigenvalue weighted by Gasteiger charge is 2.23. The zero-order valence-electron chi connectivity index (χ0n) is 14.0. The highest BCUT2D eigenvalue weighted by molar-refractivity contribution is 6.00. The molecule has 3 heterocycles. The van der Waals surface area contributed by atoms with Gasteiger partial charge in [0, 0.05) is 35.8 Å². The summed E-state index contributed by atoms with van der Waals surface area (Å²) in [7, 11) is 0. The average molecular weight is 324 g/mol. The van der Waals surface area contributed by atoms with E-state index in [1.54, 1.807) is 19.3 Å². The van der Waals surface area contributed by atoms with Crippen molar-refractivity contribution in [3.05, 3.63) is 48.5 Å². The number of H-pyrrole nitrogens is 1. The third-order valence-electron chi connectivity index (χ3n) is 3.69. The number of carbonyl (C=O) groups excluding carboxylic acids is 1. The van der Waals surface area contributed by atoms with Crippen molar-refractivity contribution >= 4 is 5.97 Å². The van der Waals surface area contributed by atoms with E-state index in [0.29, 0.717) is 23.6 Å². The van der Waals surface area contributed by atoms with E-state index >= 15 is 0 Å². The van der Waals surface area contributed by atoms with E-state index in [4.69, 9.17) is 4.74 Å². The quantitative estimate of drug-likeness (QED) is 0.726. The molecule has 0 saturated heterocycles. The molecule has 0 aromatic carbocycles. The Morgan fingerprint density at radius 1 is 1.29 bits per heavy atom. The van der Waals surface area contributed by atoms with E-state index in [9.17, 15) is 4.79 Å². The number of pyridine rings is 1. The molecule has 3 rings (SSSR count). The number of hydrogen-bond acceptors (Lipinski definition) is 4. The maximum atomic E-state index is 12.3. The number of nitrogens with zero attached hydrogens (tertiary/aromatic N) is 3. The summed E-state index contributed by atoms with van der Waals surface area (Å²) in [6.07, 6.45) is 5.41. The van der Waals surface area contributed by atoms with Crippen LogP contribution in [0.5, 0.6) is 0 Å². The number of aromatic nitrogens is 4. The van der Waals surface area contributed by atoms with Crippen LogP contribution >= 0.6 is 0 Å². The van der Waals surface area contributed by atoms with Crippen LogP contribution in [0.1, 0.15) is 37.3 Å². The van der Waals surface area contributed by atoms with Crippen LogP contribution < -0.4 is 0 Å². The normalized spacial score (nSPS) is 11.0. The van der Waals surface area contributed by atoms with E-state index < -0.39 is 5.97 Å². The molecule has 0 aliphatic rings. The van der Waals surface area contributed by atoms with Gasteiger partial charge in [-0.25, -0.2) is 4.79 Å². The molecule has 6 nitrogen and oxygen atoms in total. The Morgan fingerprint density at radius 2 is 2.12 bits per heavy atom. The van der Waals surface area contributed by atoms with Crippen molar-refractivity contribution in [3.63, 3.8) is 0 Å². The third kappa shape index (κ3) is 2.95. The largest absolute Gasteiger partial charge is 0.461 e. The Hall–Kier alpha value is -2.89. The van der Waals surface area contributed by atoms with Crippen molar-refractivity contribution in [2.24, 2.45) is 0 Å². The molecule has 0 amide bonds. The topological polar surface area (TPSA) is 72.8 Å². The first-order valence-corrected chi connectivity index (χ1v) is 7.97. The van der Waals surface area contributed by atoms with E-state index in [0.717, 1.165) is 11.3 Å². The molecule has 0 fully saturated rings. The van der Waals surface area contributed by atoms with Crippen molar-refractivity contribution in [2.45, 2.75) is 26.8 Å². The van der Waals surface area contributed by atoms with E-state index in [1.807, 2.05) is 35.1 Å². The summed E-state index contributed by atoms with van der Waals surface area (Å²) in [5, 5.41) is 4.60. The molecule has 1 N–H and O–H groups in total. The lowest BCUT2D eigenvalue weighted by Crippen LogP contribution is -2.07. The number of esters is 1. The summed E-state index contributed by atoms with van der Waals surface area (Å²) in [5.41, 5.74) is 3.43. The van der Waals surface area contributed by atoms with Crippen LogP contribution in [-0.4, -0.2) is 32.3 Å². The molecule has 3 aromatic rings. The van der Waals surface area contributed by atoms with Crippen LogP contribution in [0.2, 0.25) is 0 Å². The first-order chi connectivity index (χ1) is 11.6. The van der Waals surface area contributed by atoms with Gasteiger partial charge in [-0.3, -0.25) is 9.67 Å². The van der Waals surface area contributed by atoms with Crippen LogP contribution in [0.15, 0.2) is 42.9 Å². The second-order valence-corrected chi connectivity index (χ2v) is 5.66. The molecule has 6 heteroatoms. The predicted octanol–water partition coefficient (Wildman–Crippen LogP) is 3.70. The maximum absolute atomic E-state index is 12.3. The van der Waals surface area contributed by atoms with Gasteiger partial charge in [0.2, 0.25) is 0 Å². The van der Waals surface area contributed by atoms with Crippen molar-refractivity contribution in [3.8, 4) is 22.5 Å². The van der Waals surface area contributed by atoms with Crippen LogP contribution in [0.25, 0.3) is 22.5 Å². The monoisotopic (exact) mass is 324 g/mol. The maximum Gasteiger partial charge on any atom is 0.355 e. The van der Waals surface area contributed by atoms with E-state index in [1.165, 1.54) is 0 Å². The smallest absolute Gasteiger partial charge is 0.355 e. The molecule has 0 atom stereocenters. The summed E-state index contributed by atoms with van der Waals surface area (Å²) in [5.74, 6) is -0.396. The molecule has 0 bridgehead atoms. The molecule has 0 saturated carbocycles. The van der Waals surface area contributed by atoms with E-state index in [-0.39, 0.29) is 6.04 Å². The fourth-order valence-electron chi connectivity index (χ4n) is 2.54. The minimum atomic E-state index is -0.396. The second-order valence-electron chi connectivity index (χ2n) is 5.66. The molecular formula is C18H20N4O2. The highest BCUT2D eigenvalue weighted by atomic mass is 16.5. The minimum Gasteiger partial charge on any atom is -0.461 e. The minimum absolute atomic E-state index is 0.264. The van der Waals surface area contributed by atoms with Gasteiger partial charge in [0.05, 0.1) is 18.0 Å². The van der Waals surface area contributed by atoms with Gasteiger partial charge in [0.25, 0.3) is 0 Å². The Labute approximate surface area is 140 Å². The predicted molar refractivity (Wildman–Crippen MR) is 91.6 cm³/mol. The molecule has 24 heavy (non-hydrogen) atoms. The lowest BCUT2D eigenvalue weighted by Gasteiger charge is -2.06. The Bertz CT molecular complexity index is 834. The molecule has 124 valence electrons. The number of ether oxygens (including phenoxy) is 1. The van der Waals surface area contributed by atoms with E-state index in [2.05, 4.69) is 28.9 Å². The van der Waals surface area contributed by atoms with Crippen LogP contribution in [0.4, 0.5) is 0 Å². The Morgan fingerprint density at radius 3 is 2.75 bits per heavy atom. The van der Waals surface area contributed by atoms with Crippen molar-refractivity contribution in [1.29, 1.82) is 0 Å². The molecular weight excluding hydrogens is 304 g/mol. The lowest BCUT2D eigenvalue weighted by molar-refractivity contribution is 0.0521. The van der Waals surface area contributed by atoms with Crippen molar-refractivity contribution in [2.75, 3.05) is 6.61 Å². The van der Waals surface area contributed by atoms with Gasteiger partial charge in [0.15, 0.2) is 0 Å². The fourth-order valence-corrected chi connectivity index (χ4v) is 2.54. The second kappa shape index (κ2) is 6.70. The van der Waals surface area contributed by atoms with Crippen LogP contribution in [-0.2, 0) is 4.74 Å². The fraction of sp³-hybridized carbons (Fsp3) is 0.278. The van der Waals surface area contributed by atoms with Gasteiger partial charge in [0.1, 0.15) is 5.69 Å². The van der Waals surface area contributed by atoms with Gasteiger partial charge in [-0.15, -0.1) is 0 Å². The number of aromatic amines is 1. The Kier molecular flexibility index (Phi) is 4.46.